The van der Waals surface area contributed by atoms with Gasteiger partial charge in [0.15, 0.2) is 0 Å². The minimum Gasteiger partial charge on any atom is -0.494 e. The molecule has 1 aliphatic rings. The summed E-state index contributed by atoms with van der Waals surface area (Å²) < 4.78 is 5.68. The van der Waals surface area contributed by atoms with Gasteiger partial charge < -0.3 is 10.1 Å². The molecule has 1 heterocycles. The zero-order valence-corrected chi connectivity index (χ0v) is 12.1. The molecule has 1 fully saturated rings. The van der Waals surface area contributed by atoms with E-state index >= 15 is 0 Å². The summed E-state index contributed by atoms with van der Waals surface area (Å²) in [6.45, 7) is 6.08. The number of hydrogen-bond donors (Lipinski definition) is 1. The molecule has 2 rings (SSSR count). The van der Waals surface area contributed by atoms with E-state index in [0.29, 0.717) is 6.04 Å². The maximum atomic E-state index is 5.68. The maximum Gasteiger partial charge on any atom is 0.124 e. The van der Waals surface area contributed by atoms with Gasteiger partial charge in [0.2, 0.25) is 0 Å². The minimum atomic E-state index is 0.356. The van der Waals surface area contributed by atoms with Crippen molar-refractivity contribution in [2.45, 2.75) is 38.0 Å². The molecular formula is C15H23NOS. The summed E-state index contributed by atoms with van der Waals surface area (Å²) in [5.74, 6) is 2.34. The second-order valence-electron chi connectivity index (χ2n) is 4.74. The summed E-state index contributed by atoms with van der Waals surface area (Å²) >= 11 is 2.10. The van der Waals surface area contributed by atoms with E-state index in [0.717, 1.165) is 24.2 Å². The first-order chi connectivity index (χ1) is 8.81. The van der Waals surface area contributed by atoms with E-state index in [1.165, 1.54) is 24.2 Å². The van der Waals surface area contributed by atoms with Crippen molar-refractivity contribution >= 4 is 11.8 Å². The molecule has 1 aliphatic heterocycles. The zero-order valence-electron chi connectivity index (χ0n) is 11.3. The van der Waals surface area contributed by atoms with Gasteiger partial charge in [-0.15, -0.1) is 0 Å². The largest absolute Gasteiger partial charge is 0.494 e. The lowest BCUT2D eigenvalue weighted by atomic mass is 10.1. The minimum absolute atomic E-state index is 0.356. The summed E-state index contributed by atoms with van der Waals surface area (Å²) in [6.07, 6.45) is 2.73. The van der Waals surface area contributed by atoms with Crippen molar-refractivity contribution in [1.82, 2.24) is 5.32 Å². The Morgan fingerprint density at radius 2 is 2.28 bits per heavy atom. The van der Waals surface area contributed by atoms with Crippen molar-refractivity contribution in [1.29, 1.82) is 0 Å². The highest BCUT2D eigenvalue weighted by Gasteiger charge is 2.17. The van der Waals surface area contributed by atoms with Crippen LogP contribution in [0.2, 0.25) is 0 Å². The number of benzene rings is 1. The number of para-hydroxylation sites is 1. The van der Waals surface area contributed by atoms with Crippen LogP contribution >= 0.6 is 11.8 Å². The highest BCUT2D eigenvalue weighted by atomic mass is 32.2. The van der Waals surface area contributed by atoms with Gasteiger partial charge in [0.25, 0.3) is 0 Å². The molecule has 1 aromatic carbocycles. The molecule has 2 unspecified atom stereocenters. The third kappa shape index (κ3) is 3.66. The van der Waals surface area contributed by atoms with E-state index in [1.807, 2.05) is 13.0 Å². The fourth-order valence-electron chi connectivity index (χ4n) is 2.35. The van der Waals surface area contributed by atoms with E-state index in [2.05, 4.69) is 42.2 Å². The summed E-state index contributed by atoms with van der Waals surface area (Å²) in [5, 5.41) is 4.44. The average Bonchev–Trinajstić information content (AvgIpc) is 2.90. The molecule has 100 valence electrons. The van der Waals surface area contributed by atoms with Crippen LogP contribution in [0.5, 0.6) is 5.75 Å². The summed E-state index contributed by atoms with van der Waals surface area (Å²) in [5.41, 5.74) is 1.27. The molecule has 2 nitrogen and oxygen atoms in total. The van der Waals surface area contributed by atoms with Crippen molar-refractivity contribution in [2.24, 2.45) is 0 Å². The lowest BCUT2D eigenvalue weighted by Gasteiger charge is -2.19. The normalized spacial score (nSPS) is 20.9. The molecule has 0 aromatic heterocycles. The number of hydrogen-bond acceptors (Lipinski definition) is 3. The van der Waals surface area contributed by atoms with Crippen LogP contribution in [0.15, 0.2) is 24.3 Å². The van der Waals surface area contributed by atoms with Crippen molar-refractivity contribution in [2.75, 3.05) is 18.9 Å². The molecule has 0 saturated carbocycles. The molecule has 1 N–H and O–H groups in total. The van der Waals surface area contributed by atoms with Crippen molar-refractivity contribution in [3.05, 3.63) is 29.8 Å². The number of rotatable bonds is 6. The van der Waals surface area contributed by atoms with E-state index < -0.39 is 0 Å². The quantitative estimate of drug-likeness (QED) is 0.848. The van der Waals surface area contributed by atoms with E-state index in [9.17, 15) is 0 Å². The Hall–Kier alpha value is -0.670. The smallest absolute Gasteiger partial charge is 0.124 e. The second kappa shape index (κ2) is 7.05. The van der Waals surface area contributed by atoms with Gasteiger partial charge in [-0.2, -0.15) is 11.8 Å². The van der Waals surface area contributed by atoms with Gasteiger partial charge in [-0.25, -0.2) is 0 Å². The first kappa shape index (κ1) is 13.8. The highest BCUT2D eigenvalue weighted by molar-refractivity contribution is 8.00. The van der Waals surface area contributed by atoms with Crippen LogP contribution in [0, 0.1) is 0 Å². The summed E-state index contributed by atoms with van der Waals surface area (Å²) in [4.78, 5) is 0. The van der Waals surface area contributed by atoms with Gasteiger partial charge in [0.1, 0.15) is 5.75 Å². The Bertz CT molecular complexity index is 363. The molecule has 1 saturated heterocycles. The molecule has 18 heavy (non-hydrogen) atoms. The fourth-order valence-corrected chi connectivity index (χ4v) is 3.56. The molecule has 2 atom stereocenters. The van der Waals surface area contributed by atoms with Crippen LogP contribution in [0.3, 0.4) is 0 Å². The lowest BCUT2D eigenvalue weighted by Crippen LogP contribution is -2.26. The molecule has 0 amide bonds. The van der Waals surface area contributed by atoms with Gasteiger partial charge in [0, 0.05) is 23.4 Å². The molecule has 0 spiro atoms. The highest BCUT2D eigenvalue weighted by Crippen LogP contribution is 2.28. The van der Waals surface area contributed by atoms with Gasteiger partial charge >= 0.3 is 0 Å². The first-order valence-electron chi connectivity index (χ1n) is 6.88. The third-order valence-electron chi connectivity index (χ3n) is 3.36. The monoisotopic (exact) mass is 265 g/mol. The Balaban J connectivity index is 1.92. The molecule has 0 aliphatic carbocycles. The van der Waals surface area contributed by atoms with Crippen LogP contribution < -0.4 is 10.1 Å². The molecule has 0 radical (unpaired) electrons. The Morgan fingerprint density at radius 3 is 3.00 bits per heavy atom. The predicted molar refractivity (Wildman–Crippen MR) is 79.5 cm³/mol. The molecule has 3 heteroatoms. The first-order valence-corrected chi connectivity index (χ1v) is 7.93. The van der Waals surface area contributed by atoms with Crippen LogP contribution in [0.25, 0.3) is 0 Å². The SMILES string of the molecule is CCOc1ccccc1C(C)NCC1CCCS1. The second-order valence-corrected chi connectivity index (χ2v) is 6.14. The van der Waals surface area contributed by atoms with E-state index in [4.69, 9.17) is 4.74 Å². The van der Waals surface area contributed by atoms with Crippen LogP contribution in [-0.2, 0) is 0 Å². The maximum absolute atomic E-state index is 5.68. The Labute approximate surface area is 114 Å². The number of ether oxygens (including phenoxy) is 1. The number of nitrogens with one attached hydrogen (secondary N) is 1. The molecule has 0 bridgehead atoms. The topological polar surface area (TPSA) is 21.3 Å². The third-order valence-corrected chi connectivity index (χ3v) is 4.76. The van der Waals surface area contributed by atoms with Crippen LogP contribution in [0.4, 0.5) is 0 Å². The van der Waals surface area contributed by atoms with Crippen molar-refractivity contribution in [3.8, 4) is 5.75 Å². The fraction of sp³-hybridized carbons (Fsp3) is 0.600. The average molecular weight is 265 g/mol. The Kier molecular flexibility index (Phi) is 5.39. The van der Waals surface area contributed by atoms with Crippen LogP contribution in [0.1, 0.15) is 38.3 Å². The Morgan fingerprint density at radius 1 is 1.44 bits per heavy atom. The zero-order chi connectivity index (χ0) is 12.8. The van der Waals surface area contributed by atoms with E-state index in [-0.39, 0.29) is 0 Å². The van der Waals surface area contributed by atoms with Gasteiger partial charge in [0.05, 0.1) is 6.61 Å². The summed E-state index contributed by atoms with van der Waals surface area (Å²) in [6, 6.07) is 8.69. The van der Waals surface area contributed by atoms with E-state index in [1.54, 1.807) is 0 Å². The van der Waals surface area contributed by atoms with Gasteiger partial charge in [-0.05, 0) is 38.5 Å². The number of thioether (sulfide) groups is 1. The standard InChI is InChI=1S/C15H23NOS/c1-3-17-15-9-5-4-8-14(15)12(2)16-11-13-7-6-10-18-13/h4-5,8-9,12-13,16H,3,6-7,10-11H2,1-2H3. The lowest BCUT2D eigenvalue weighted by molar-refractivity contribution is 0.332. The van der Waals surface area contributed by atoms with Crippen LogP contribution in [-0.4, -0.2) is 24.2 Å². The molecular weight excluding hydrogens is 242 g/mol. The van der Waals surface area contributed by atoms with Gasteiger partial charge in [-0.1, -0.05) is 18.2 Å². The predicted octanol–water partition coefficient (Wildman–Crippen LogP) is 3.63. The summed E-state index contributed by atoms with van der Waals surface area (Å²) in [7, 11) is 0. The molecule has 1 aromatic rings. The van der Waals surface area contributed by atoms with Gasteiger partial charge in [-0.3, -0.25) is 0 Å². The van der Waals surface area contributed by atoms with Crippen molar-refractivity contribution in [3.63, 3.8) is 0 Å². The van der Waals surface area contributed by atoms with Crippen molar-refractivity contribution < 1.29 is 4.74 Å².